The van der Waals surface area contributed by atoms with Crippen molar-refractivity contribution in [2.45, 2.75) is 6.92 Å². The van der Waals surface area contributed by atoms with E-state index in [0.29, 0.717) is 5.70 Å². The molecule has 0 aliphatic rings. The zero-order chi connectivity index (χ0) is 13.4. The smallest absolute Gasteiger partial charge is 0.332 e. The van der Waals surface area contributed by atoms with Gasteiger partial charge in [0.05, 0.1) is 7.11 Å². The van der Waals surface area contributed by atoms with Crippen molar-refractivity contribution in [1.82, 2.24) is 5.32 Å². The highest BCUT2D eigenvalue weighted by Gasteiger charge is 1.99. The van der Waals surface area contributed by atoms with Crippen molar-refractivity contribution in [1.29, 1.82) is 0 Å². The molecule has 4 heteroatoms. The minimum atomic E-state index is -0.500. The highest BCUT2D eigenvalue weighted by atomic mass is 16.5. The topological polar surface area (TPSA) is 55.4 Å². The normalized spacial score (nSPS) is 11.3. The number of allylic oxidation sites excluding steroid dienone is 1. The number of hydrogen-bond donors (Lipinski definition) is 1. The van der Waals surface area contributed by atoms with Gasteiger partial charge in [0.2, 0.25) is 5.91 Å². The van der Waals surface area contributed by atoms with E-state index in [4.69, 9.17) is 0 Å². The summed E-state index contributed by atoms with van der Waals surface area (Å²) < 4.78 is 4.45. The van der Waals surface area contributed by atoms with E-state index in [1.54, 1.807) is 13.0 Å². The first-order chi connectivity index (χ1) is 8.61. The van der Waals surface area contributed by atoms with Crippen LogP contribution in [0.25, 0.3) is 6.08 Å². The van der Waals surface area contributed by atoms with E-state index in [0.717, 1.165) is 5.56 Å². The Hall–Kier alpha value is -2.36. The number of nitrogens with one attached hydrogen (secondary N) is 1. The van der Waals surface area contributed by atoms with Crippen LogP contribution < -0.4 is 5.32 Å². The second-order valence-electron chi connectivity index (χ2n) is 3.58. The Labute approximate surface area is 106 Å². The lowest BCUT2D eigenvalue weighted by Gasteiger charge is -2.01. The maximum atomic E-state index is 11.5. The van der Waals surface area contributed by atoms with Crippen molar-refractivity contribution in [2.75, 3.05) is 7.11 Å². The molecule has 0 unspecified atom stereocenters. The lowest BCUT2D eigenvalue weighted by molar-refractivity contribution is -0.134. The zero-order valence-corrected chi connectivity index (χ0v) is 10.3. The average Bonchev–Trinajstić information content (AvgIpc) is 2.37. The van der Waals surface area contributed by atoms with Gasteiger partial charge in [0, 0.05) is 17.8 Å². The highest BCUT2D eigenvalue weighted by Crippen LogP contribution is 2.00. The van der Waals surface area contributed by atoms with Crippen LogP contribution in [0.5, 0.6) is 0 Å². The number of hydrogen-bond acceptors (Lipinski definition) is 3. The predicted octanol–water partition coefficient (Wildman–Crippen LogP) is 1.89. The molecule has 0 saturated carbocycles. The molecule has 0 atom stereocenters. The molecule has 0 spiro atoms. The summed E-state index contributed by atoms with van der Waals surface area (Å²) in [6, 6.07) is 9.46. The second-order valence-corrected chi connectivity index (χ2v) is 3.58. The summed E-state index contributed by atoms with van der Waals surface area (Å²) in [6.07, 6.45) is 4.32. The number of carbonyl (C=O) groups excluding carboxylic acids is 2. The van der Waals surface area contributed by atoms with E-state index in [1.807, 2.05) is 30.3 Å². The fraction of sp³-hybridized carbons (Fsp3) is 0.143. The molecule has 94 valence electrons. The van der Waals surface area contributed by atoms with Crippen LogP contribution in [0.1, 0.15) is 12.5 Å². The van der Waals surface area contributed by atoms with Crippen LogP contribution in [0.15, 0.2) is 48.2 Å². The second kappa shape index (κ2) is 7.06. The molecular weight excluding hydrogens is 230 g/mol. The molecule has 0 heterocycles. The molecule has 0 saturated heterocycles. The first-order valence-corrected chi connectivity index (χ1v) is 5.42. The van der Waals surface area contributed by atoms with Gasteiger partial charge in [0.15, 0.2) is 0 Å². The van der Waals surface area contributed by atoms with Crippen LogP contribution in [0.2, 0.25) is 0 Å². The van der Waals surface area contributed by atoms with E-state index >= 15 is 0 Å². The Morgan fingerprint density at radius 1 is 1.22 bits per heavy atom. The third-order valence-corrected chi connectivity index (χ3v) is 2.08. The van der Waals surface area contributed by atoms with Gasteiger partial charge in [-0.05, 0) is 18.6 Å². The summed E-state index contributed by atoms with van der Waals surface area (Å²) in [4.78, 5) is 22.4. The average molecular weight is 245 g/mol. The van der Waals surface area contributed by atoms with Gasteiger partial charge in [0.25, 0.3) is 0 Å². The Kier molecular flexibility index (Phi) is 5.38. The Balaban J connectivity index is 2.55. The molecule has 1 aromatic carbocycles. The number of ether oxygens (including phenoxy) is 1. The van der Waals surface area contributed by atoms with Crippen LogP contribution in [-0.4, -0.2) is 19.0 Å². The van der Waals surface area contributed by atoms with Gasteiger partial charge < -0.3 is 10.1 Å². The lowest BCUT2D eigenvalue weighted by atomic mass is 10.2. The number of rotatable bonds is 4. The number of esters is 1. The number of methoxy groups -OCH3 is 1. The van der Waals surface area contributed by atoms with Gasteiger partial charge >= 0.3 is 5.97 Å². The van der Waals surface area contributed by atoms with Crippen LogP contribution in [0, 0.1) is 0 Å². The SMILES string of the molecule is COC(=O)/C=C(\C)NC(=O)/C=C/c1ccccc1. The van der Waals surface area contributed by atoms with Crippen LogP contribution >= 0.6 is 0 Å². The molecular formula is C14H15NO3. The fourth-order valence-corrected chi connectivity index (χ4v) is 1.24. The number of carbonyl (C=O) groups is 2. The minimum Gasteiger partial charge on any atom is -0.466 e. The standard InChI is InChI=1S/C14H15NO3/c1-11(10-14(17)18-2)15-13(16)9-8-12-6-4-3-5-7-12/h3-10H,1-2H3,(H,15,16)/b9-8+,11-10+. The Morgan fingerprint density at radius 2 is 1.89 bits per heavy atom. The van der Waals surface area contributed by atoms with E-state index in [1.165, 1.54) is 19.3 Å². The highest BCUT2D eigenvalue weighted by molar-refractivity contribution is 5.93. The Bertz CT molecular complexity index is 475. The van der Waals surface area contributed by atoms with Crippen molar-refractivity contribution in [2.24, 2.45) is 0 Å². The van der Waals surface area contributed by atoms with Gasteiger partial charge in [0.1, 0.15) is 0 Å². The van der Waals surface area contributed by atoms with E-state index in [-0.39, 0.29) is 5.91 Å². The summed E-state index contributed by atoms with van der Waals surface area (Å²) in [5.41, 5.74) is 1.37. The Morgan fingerprint density at radius 3 is 2.50 bits per heavy atom. The van der Waals surface area contributed by atoms with Gasteiger partial charge in [-0.2, -0.15) is 0 Å². The monoisotopic (exact) mass is 245 g/mol. The van der Waals surface area contributed by atoms with Crippen molar-refractivity contribution in [3.63, 3.8) is 0 Å². The molecule has 0 bridgehead atoms. The summed E-state index contributed by atoms with van der Waals surface area (Å²) in [5, 5.41) is 2.55. The fourth-order valence-electron chi connectivity index (χ4n) is 1.24. The first-order valence-electron chi connectivity index (χ1n) is 5.42. The van der Waals surface area contributed by atoms with Crippen LogP contribution in [-0.2, 0) is 14.3 Å². The molecule has 1 amide bonds. The first kappa shape index (κ1) is 13.7. The van der Waals surface area contributed by atoms with Gasteiger partial charge in [-0.15, -0.1) is 0 Å². The molecule has 1 N–H and O–H groups in total. The van der Waals surface area contributed by atoms with E-state index in [2.05, 4.69) is 10.1 Å². The predicted molar refractivity (Wildman–Crippen MR) is 69.4 cm³/mol. The van der Waals surface area contributed by atoms with Crippen molar-refractivity contribution < 1.29 is 14.3 Å². The van der Waals surface area contributed by atoms with Gasteiger partial charge in [-0.1, -0.05) is 30.3 Å². The summed E-state index contributed by atoms with van der Waals surface area (Å²) in [6.45, 7) is 1.62. The van der Waals surface area contributed by atoms with Gasteiger partial charge in [-0.3, -0.25) is 4.79 Å². The molecule has 4 nitrogen and oxygen atoms in total. The van der Waals surface area contributed by atoms with E-state index in [9.17, 15) is 9.59 Å². The van der Waals surface area contributed by atoms with Crippen molar-refractivity contribution in [3.8, 4) is 0 Å². The van der Waals surface area contributed by atoms with Crippen molar-refractivity contribution >= 4 is 18.0 Å². The summed E-state index contributed by atoms with van der Waals surface area (Å²) >= 11 is 0. The molecule has 1 aromatic rings. The van der Waals surface area contributed by atoms with Crippen LogP contribution in [0.3, 0.4) is 0 Å². The molecule has 0 fully saturated rings. The summed E-state index contributed by atoms with van der Waals surface area (Å²) in [5.74, 6) is -0.795. The maximum Gasteiger partial charge on any atom is 0.332 e. The van der Waals surface area contributed by atoms with Crippen molar-refractivity contribution in [3.05, 3.63) is 53.7 Å². The molecule has 0 radical (unpaired) electrons. The third-order valence-electron chi connectivity index (χ3n) is 2.08. The molecule has 18 heavy (non-hydrogen) atoms. The molecule has 1 rings (SSSR count). The number of benzene rings is 1. The molecule has 0 aliphatic carbocycles. The minimum absolute atomic E-state index is 0.295. The van der Waals surface area contributed by atoms with E-state index < -0.39 is 5.97 Å². The zero-order valence-electron chi connectivity index (χ0n) is 10.3. The molecule has 0 aromatic heterocycles. The lowest BCUT2D eigenvalue weighted by Crippen LogP contribution is -2.19. The quantitative estimate of drug-likeness (QED) is 0.651. The summed E-state index contributed by atoms with van der Waals surface area (Å²) in [7, 11) is 1.28. The number of amides is 1. The molecule has 0 aliphatic heterocycles. The third kappa shape index (κ3) is 5.12. The van der Waals surface area contributed by atoms with Gasteiger partial charge in [-0.25, -0.2) is 4.79 Å². The maximum absolute atomic E-state index is 11.5. The van der Waals surface area contributed by atoms with Crippen LogP contribution in [0.4, 0.5) is 0 Å². The largest absolute Gasteiger partial charge is 0.466 e.